The Morgan fingerprint density at radius 2 is 2.00 bits per heavy atom. The lowest BCUT2D eigenvalue weighted by atomic mass is 10.1. The Morgan fingerprint density at radius 1 is 1.27 bits per heavy atom. The van der Waals surface area contributed by atoms with Crippen molar-refractivity contribution in [3.63, 3.8) is 0 Å². The van der Waals surface area contributed by atoms with E-state index in [0.29, 0.717) is 5.56 Å². The third-order valence-electron chi connectivity index (χ3n) is 2.21. The van der Waals surface area contributed by atoms with E-state index in [2.05, 4.69) is 11.1 Å². The van der Waals surface area contributed by atoms with Crippen molar-refractivity contribution in [2.24, 2.45) is 0 Å². The third kappa shape index (κ3) is 1.84. The van der Waals surface area contributed by atoms with Crippen molar-refractivity contribution < 1.29 is 4.74 Å². The highest BCUT2D eigenvalue weighted by Gasteiger charge is 2.01. The molecule has 0 aliphatic heterocycles. The summed E-state index contributed by atoms with van der Waals surface area (Å²) in [6.45, 7) is 0. The summed E-state index contributed by atoms with van der Waals surface area (Å²) in [5, 5.41) is 8.69. The topological polar surface area (TPSA) is 48.8 Å². The molecule has 0 aliphatic carbocycles. The van der Waals surface area contributed by atoms with E-state index in [9.17, 15) is 0 Å². The minimum Gasteiger partial charge on any atom is -0.497 e. The molecule has 2 aromatic rings. The molecular formula is C12H10N2O. The van der Waals surface area contributed by atoms with Crippen molar-refractivity contribution in [3.05, 3.63) is 42.1 Å². The molecule has 0 unspecified atom stereocenters. The molecule has 0 fully saturated rings. The first kappa shape index (κ1) is 9.35. The molecule has 0 amide bonds. The summed E-state index contributed by atoms with van der Waals surface area (Å²) in [5.74, 6) is 0.825. The predicted octanol–water partition coefficient (Wildman–Crippen LogP) is 2.56. The number of hydrogen-bond acceptors (Lipinski definition) is 2. The molecule has 0 saturated carbocycles. The minimum absolute atomic E-state index is 0.640. The van der Waals surface area contributed by atoms with E-state index in [1.54, 1.807) is 13.3 Å². The number of ether oxygens (including phenoxy) is 1. The molecule has 0 atom stereocenters. The number of aromatic nitrogens is 1. The van der Waals surface area contributed by atoms with Crippen molar-refractivity contribution in [1.29, 1.82) is 5.26 Å². The summed E-state index contributed by atoms with van der Waals surface area (Å²) >= 11 is 0. The first-order chi connectivity index (χ1) is 7.33. The number of benzene rings is 1. The lowest BCUT2D eigenvalue weighted by Gasteiger charge is -2.00. The average molecular weight is 198 g/mol. The Bertz CT molecular complexity index is 491. The molecule has 1 N–H and O–H groups in total. The van der Waals surface area contributed by atoms with Gasteiger partial charge in [0.05, 0.1) is 12.7 Å². The van der Waals surface area contributed by atoms with E-state index in [0.717, 1.165) is 17.0 Å². The second-order valence-electron chi connectivity index (χ2n) is 3.14. The van der Waals surface area contributed by atoms with Gasteiger partial charge in [0.1, 0.15) is 11.8 Å². The second kappa shape index (κ2) is 3.89. The lowest BCUT2D eigenvalue weighted by molar-refractivity contribution is 0.415. The number of nitrogens with one attached hydrogen (secondary N) is 1. The van der Waals surface area contributed by atoms with Crippen LogP contribution in [-0.2, 0) is 0 Å². The van der Waals surface area contributed by atoms with E-state index in [-0.39, 0.29) is 0 Å². The van der Waals surface area contributed by atoms with Gasteiger partial charge in [-0.3, -0.25) is 0 Å². The molecule has 74 valence electrons. The first-order valence-electron chi connectivity index (χ1n) is 4.56. The van der Waals surface area contributed by atoms with Crippen LogP contribution in [0.5, 0.6) is 5.75 Å². The van der Waals surface area contributed by atoms with Crippen LogP contribution in [-0.4, -0.2) is 12.1 Å². The Labute approximate surface area is 87.9 Å². The van der Waals surface area contributed by atoms with Crippen molar-refractivity contribution in [2.45, 2.75) is 0 Å². The summed E-state index contributed by atoms with van der Waals surface area (Å²) in [6, 6.07) is 11.6. The number of hydrogen-bond donors (Lipinski definition) is 1. The number of H-pyrrole nitrogens is 1. The van der Waals surface area contributed by atoms with Crippen LogP contribution in [0.1, 0.15) is 5.56 Å². The zero-order valence-electron chi connectivity index (χ0n) is 8.32. The van der Waals surface area contributed by atoms with Gasteiger partial charge < -0.3 is 9.72 Å². The maximum atomic E-state index is 8.69. The zero-order valence-corrected chi connectivity index (χ0v) is 8.32. The standard InChI is InChI=1S/C12H10N2O/c1-15-11-4-2-10(3-5-11)12-6-9(7-13)8-14-12/h2-6,8,14H,1H3. The van der Waals surface area contributed by atoms with Gasteiger partial charge in [0.25, 0.3) is 0 Å². The second-order valence-corrected chi connectivity index (χ2v) is 3.14. The van der Waals surface area contributed by atoms with Gasteiger partial charge in [-0.05, 0) is 35.9 Å². The fourth-order valence-corrected chi connectivity index (χ4v) is 1.40. The van der Waals surface area contributed by atoms with Crippen LogP contribution in [0.3, 0.4) is 0 Å². The molecule has 1 heterocycles. The number of rotatable bonds is 2. The summed E-state index contributed by atoms with van der Waals surface area (Å²) in [7, 11) is 1.64. The van der Waals surface area contributed by atoms with Crippen molar-refractivity contribution in [1.82, 2.24) is 4.98 Å². The molecule has 0 aliphatic rings. The largest absolute Gasteiger partial charge is 0.497 e. The van der Waals surface area contributed by atoms with Gasteiger partial charge in [-0.1, -0.05) is 0 Å². The monoisotopic (exact) mass is 198 g/mol. The highest BCUT2D eigenvalue weighted by molar-refractivity contribution is 5.62. The Kier molecular flexibility index (Phi) is 2.42. The summed E-state index contributed by atoms with van der Waals surface area (Å²) in [4.78, 5) is 3.05. The Balaban J connectivity index is 2.33. The quantitative estimate of drug-likeness (QED) is 0.806. The third-order valence-corrected chi connectivity index (χ3v) is 2.21. The van der Waals surface area contributed by atoms with Gasteiger partial charge in [-0.2, -0.15) is 5.26 Å². The summed E-state index contributed by atoms with van der Waals surface area (Å²) in [6.07, 6.45) is 1.69. The van der Waals surface area contributed by atoms with Crippen LogP contribution >= 0.6 is 0 Å². The Morgan fingerprint density at radius 3 is 2.53 bits per heavy atom. The van der Waals surface area contributed by atoms with Crippen LogP contribution in [0.4, 0.5) is 0 Å². The smallest absolute Gasteiger partial charge is 0.118 e. The predicted molar refractivity (Wildman–Crippen MR) is 57.5 cm³/mol. The van der Waals surface area contributed by atoms with E-state index >= 15 is 0 Å². The molecule has 0 spiro atoms. The summed E-state index contributed by atoms with van der Waals surface area (Å²) < 4.78 is 5.07. The number of nitriles is 1. The van der Waals surface area contributed by atoms with Crippen LogP contribution in [0.15, 0.2) is 36.5 Å². The van der Waals surface area contributed by atoms with Gasteiger partial charge in [0, 0.05) is 11.9 Å². The summed E-state index contributed by atoms with van der Waals surface area (Å²) in [5.41, 5.74) is 2.62. The van der Waals surface area contributed by atoms with Gasteiger partial charge in [0.2, 0.25) is 0 Å². The molecule has 3 heteroatoms. The van der Waals surface area contributed by atoms with E-state index in [4.69, 9.17) is 10.00 Å². The first-order valence-corrected chi connectivity index (χ1v) is 4.56. The van der Waals surface area contributed by atoms with Gasteiger partial charge >= 0.3 is 0 Å². The molecule has 3 nitrogen and oxygen atoms in total. The minimum atomic E-state index is 0.640. The highest BCUT2D eigenvalue weighted by atomic mass is 16.5. The maximum Gasteiger partial charge on any atom is 0.118 e. The van der Waals surface area contributed by atoms with E-state index in [1.165, 1.54) is 0 Å². The fourth-order valence-electron chi connectivity index (χ4n) is 1.40. The van der Waals surface area contributed by atoms with E-state index < -0.39 is 0 Å². The lowest BCUT2D eigenvalue weighted by Crippen LogP contribution is -1.82. The average Bonchev–Trinajstić information content (AvgIpc) is 2.78. The molecule has 0 radical (unpaired) electrons. The maximum absolute atomic E-state index is 8.69. The highest BCUT2D eigenvalue weighted by Crippen LogP contribution is 2.21. The number of methoxy groups -OCH3 is 1. The van der Waals surface area contributed by atoms with Gasteiger partial charge in [-0.15, -0.1) is 0 Å². The molecular weight excluding hydrogens is 188 g/mol. The normalized spacial score (nSPS) is 9.60. The Hall–Kier alpha value is -2.21. The molecule has 1 aromatic carbocycles. The number of nitrogens with zero attached hydrogens (tertiary/aromatic N) is 1. The van der Waals surface area contributed by atoms with Crippen LogP contribution < -0.4 is 4.74 Å². The van der Waals surface area contributed by atoms with Crippen LogP contribution in [0.2, 0.25) is 0 Å². The number of aromatic amines is 1. The molecule has 2 rings (SSSR count). The van der Waals surface area contributed by atoms with Crippen molar-refractivity contribution >= 4 is 0 Å². The zero-order chi connectivity index (χ0) is 10.7. The van der Waals surface area contributed by atoms with Crippen LogP contribution in [0, 0.1) is 11.3 Å². The van der Waals surface area contributed by atoms with Gasteiger partial charge in [0.15, 0.2) is 0 Å². The fraction of sp³-hybridized carbons (Fsp3) is 0.0833. The van der Waals surface area contributed by atoms with Gasteiger partial charge in [-0.25, -0.2) is 0 Å². The van der Waals surface area contributed by atoms with E-state index in [1.807, 2.05) is 30.3 Å². The van der Waals surface area contributed by atoms with Crippen molar-refractivity contribution in [3.8, 4) is 23.1 Å². The molecule has 1 aromatic heterocycles. The molecule has 0 bridgehead atoms. The molecule has 15 heavy (non-hydrogen) atoms. The SMILES string of the molecule is COc1ccc(-c2cc(C#N)c[nH]2)cc1. The van der Waals surface area contributed by atoms with Crippen molar-refractivity contribution in [2.75, 3.05) is 7.11 Å². The van der Waals surface area contributed by atoms with Crippen LogP contribution in [0.25, 0.3) is 11.3 Å². The molecule has 0 saturated heterocycles.